The van der Waals surface area contributed by atoms with E-state index in [1.807, 2.05) is 18.7 Å². The Morgan fingerprint density at radius 2 is 1.36 bits per heavy atom. The van der Waals surface area contributed by atoms with Crippen molar-refractivity contribution >= 4 is 5.91 Å². The van der Waals surface area contributed by atoms with Crippen LogP contribution in [0.15, 0.2) is 0 Å². The van der Waals surface area contributed by atoms with Crippen LogP contribution in [-0.2, 0) is 4.79 Å². The first-order valence-corrected chi connectivity index (χ1v) is 9.06. The van der Waals surface area contributed by atoms with Gasteiger partial charge in [-0.2, -0.15) is 0 Å². The highest BCUT2D eigenvalue weighted by molar-refractivity contribution is 5.78. The van der Waals surface area contributed by atoms with Crippen molar-refractivity contribution in [2.75, 3.05) is 65.4 Å². The van der Waals surface area contributed by atoms with E-state index in [0.29, 0.717) is 18.5 Å². The van der Waals surface area contributed by atoms with Crippen LogP contribution in [0.2, 0.25) is 0 Å². The standard InChI is InChI=1S/C15H30N4O.C2H6/c1-4-16-5-11-19(12-6-16)15(20)13-17-7-9-18(10-8-17)14(2)3;1-2/h14H,4-13H2,1-3H3;1-2H3. The highest BCUT2D eigenvalue weighted by Gasteiger charge is 2.24. The average Bonchev–Trinajstić information content (AvgIpc) is 2.57. The van der Waals surface area contributed by atoms with E-state index in [2.05, 4.69) is 35.5 Å². The SMILES string of the molecule is CC.CCN1CCN(C(=O)CN2CCN(C(C)C)CC2)CC1. The number of nitrogens with zero attached hydrogens (tertiary/aromatic N) is 4. The predicted octanol–water partition coefficient (Wildman–Crippen LogP) is 1.20. The molecule has 0 spiro atoms. The summed E-state index contributed by atoms with van der Waals surface area (Å²) in [4.78, 5) is 21.6. The van der Waals surface area contributed by atoms with E-state index in [1.165, 1.54) is 0 Å². The molecule has 0 saturated carbocycles. The molecule has 0 aromatic heterocycles. The molecule has 2 saturated heterocycles. The largest absolute Gasteiger partial charge is 0.339 e. The molecule has 0 aromatic rings. The van der Waals surface area contributed by atoms with Gasteiger partial charge in [0.25, 0.3) is 0 Å². The van der Waals surface area contributed by atoms with Crippen molar-refractivity contribution in [1.82, 2.24) is 19.6 Å². The summed E-state index contributed by atoms with van der Waals surface area (Å²) in [7, 11) is 0. The van der Waals surface area contributed by atoms with Gasteiger partial charge < -0.3 is 9.80 Å². The predicted molar refractivity (Wildman–Crippen MR) is 93.2 cm³/mol. The summed E-state index contributed by atoms with van der Waals surface area (Å²) < 4.78 is 0. The lowest BCUT2D eigenvalue weighted by atomic mass is 10.2. The summed E-state index contributed by atoms with van der Waals surface area (Å²) >= 11 is 0. The first kappa shape index (κ1) is 19.4. The summed E-state index contributed by atoms with van der Waals surface area (Å²) in [6, 6.07) is 0.620. The highest BCUT2D eigenvalue weighted by Crippen LogP contribution is 2.07. The Morgan fingerprint density at radius 3 is 1.82 bits per heavy atom. The van der Waals surface area contributed by atoms with Gasteiger partial charge in [0.1, 0.15) is 0 Å². The maximum Gasteiger partial charge on any atom is 0.236 e. The van der Waals surface area contributed by atoms with Crippen LogP contribution in [0.4, 0.5) is 0 Å². The van der Waals surface area contributed by atoms with Gasteiger partial charge in [-0.05, 0) is 20.4 Å². The van der Waals surface area contributed by atoms with E-state index in [9.17, 15) is 4.79 Å². The molecule has 2 fully saturated rings. The lowest BCUT2D eigenvalue weighted by Crippen LogP contribution is -2.54. The second kappa shape index (κ2) is 10.2. The van der Waals surface area contributed by atoms with Crippen molar-refractivity contribution in [2.24, 2.45) is 0 Å². The Balaban J connectivity index is 0.00000116. The first-order valence-electron chi connectivity index (χ1n) is 9.06. The summed E-state index contributed by atoms with van der Waals surface area (Å²) in [6.45, 7) is 20.5. The minimum Gasteiger partial charge on any atom is -0.339 e. The first-order chi connectivity index (χ1) is 10.6. The third kappa shape index (κ3) is 5.86. The summed E-state index contributed by atoms with van der Waals surface area (Å²) in [5, 5.41) is 0. The lowest BCUT2D eigenvalue weighted by molar-refractivity contribution is -0.134. The Bertz CT molecular complexity index is 306. The number of amides is 1. The van der Waals surface area contributed by atoms with Crippen LogP contribution in [0.3, 0.4) is 0 Å². The van der Waals surface area contributed by atoms with Crippen LogP contribution < -0.4 is 0 Å². The van der Waals surface area contributed by atoms with Gasteiger partial charge in [-0.3, -0.25) is 14.6 Å². The zero-order valence-corrected chi connectivity index (χ0v) is 15.3. The summed E-state index contributed by atoms with van der Waals surface area (Å²) in [5.74, 6) is 0.318. The number of carbonyl (C=O) groups excluding carboxylic acids is 1. The fraction of sp³-hybridized carbons (Fsp3) is 0.941. The van der Waals surface area contributed by atoms with Crippen molar-refractivity contribution in [3.8, 4) is 0 Å². The second-order valence-electron chi connectivity index (χ2n) is 6.22. The molecule has 2 aliphatic heterocycles. The van der Waals surface area contributed by atoms with Crippen LogP contribution in [0, 0.1) is 0 Å². The van der Waals surface area contributed by atoms with E-state index in [1.54, 1.807) is 0 Å². The minimum absolute atomic E-state index is 0.318. The molecule has 5 heteroatoms. The molecule has 22 heavy (non-hydrogen) atoms. The van der Waals surface area contributed by atoms with Crippen LogP contribution in [0.1, 0.15) is 34.6 Å². The molecule has 2 rings (SSSR count). The number of hydrogen-bond acceptors (Lipinski definition) is 4. The fourth-order valence-electron chi connectivity index (χ4n) is 3.04. The number of likely N-dealkylation sites (N-methyl/N-ethyl adjacent to an activating group) is 1. The molecule has 0 atom stereocenters. The highest BCUT2D eigenvalue weighted by atomic mass is 16.2. The van der Waals surface area contributed by atoms with Gasteiger partial charge in [0.05, 0.1) is 6.54 Å². The van der Waals surface area contributed by atoms with Crippen LogP contribution >= 0.6 is 0 Å². The molecule has 5 nitrogen and oxygen atoms in total. The molecule has 2 aliphatic rings. The van der Waals surface area contributed by atoms with Crippen molar-refractivity contribution in [3.63, 3.8) is 0 Å². The smallest absolute Gasteiger partial charge is 0.236 e. The Morgan fingerprint density at radius 1 is 0.864 bits per heavy atom. The zero-order valence-electron chi connectivity index (χ0n) is 15.3. The zero-order chi connectivity index (χ0) is 16.5. The molecule has 0 aromatic carbocycles. The van der Waals surface area contributed by atoms with Gasteiger partial charge in [-0.25, -0.2) is 0 Å². The molecule has 0 aliphatic carbocycles. The van der Waals surface area contributed by atoms with Crippen LogP contribution in [-0.4, -0.2) is 97.0 Å². The van der Waals surface area contributed by atoms with Gasteiger partial charge >= 0.3 is 0 Å². The molecular formula is C17H36N4O. The molecule has 0 unspecified atom stereocenters. The normalized spacial score (nSPS) is 21.6. The van der Waals surface area contributed by atoms with E-state index in [0.717, 1.165) is 58.9 Å². The molecule has 0 radical (unpaired) electrons. The third-order valence-corrected chi connectivity index (χ3v) is 4.67. The molecule has 1 amide bonds. The maximum atomic E-state index is 12.3. The lowest BCUT2D eigenvalue weighted by Gasteiger charge is -2.38. The summed E-state index contributed by atoms with van der Waals surface area (Å²) in [5.41, 5.74) is 0. The number of carbonyl (C=O) groups is 1. The Kier molecular flexibility index (Phi) is 8.98. The average molecular weight is 313 g/mol. The van der Waals surface area contributed by atoms with Crippen LogP contribution in [0.5, 0.6) is 0 Å². The molecule has 130 valence electrons. The molecular weight excluding hydrogens is 276 g/mol. The van der Waals surface area contributed by atoms with Crippen LogP contribution in [0.25, 0.3) is 0 Å². The topological polar surface area (TPSA) is 30.0 Å². The monoisotopic (exact) mass is 312 g/mol. The van der Waals surface area contributed by atoms with Crippen molar-refractivity contribution < 1.29 is 4.79 Å². The van der Waals surface area contributed by atoms with E-state index in [-0.39, 0.29) is 0 Å². The van der Waals surface area contributed by atoms with E-state index in [4.69, 9.17) is 0 Å². The molecule has 2 heterocycles. The van der Waals surface area contributed by atoms with Gasteiger partial charge in [0.15, 0.2) is 0 Å². The molecule has 0 bridgehead atoms. The maximum absolute atomic E-state index is 12.3. The van der Waals surface area contributed by atoms with E-state index >= 15 is 0 Å². The Hall–Kier alpha value is -0.650. The van der Waals surface area contributed by atoms with Crippen molar-refractivity contribution in [3.05, 3.63) is 0 Å². The van der Waals surface area contributed by atoms with E-state index < -0.39 is 0 Å². The van der Waals surface area contributed by atoms with Gasteiger partial charge in [0, 0.05) is 58.4 Å². The number of rotatable bonds is 4. The summed E-state index contributed by atoms with van der Waals surface area (Å²) in [6.07, 6.45) is 0. The van der Waals surface area contributed by atoms with Gasteiger partial charge in [-0.1, -0.05) is 20.8 Å². The number of piperazine rings is 2. The Labute approximate surface area is 137 Å². The quantitative estimate of drug-likeness (QED) is 0.780. The van der Waals surface area contributed by atoms with Crippen molar-refractivity contribution in [2.45, 2.75) is 40.7 Å². The fourth-order valence-corrected chi connectivity index (χ4v) is 3.04. The van der Waals surface area contributed by atoms with Gasteiger partial charge in [0.2, 0.25) is 5.91 Å². The number of hydrogen-bond donors (Lipinski definition) is 0. The minimum atomic E-state index is 0.318. The molecule has 0 N–H and O–H groups in total. The second-order valence-corrected chi connectivity index (χ2v) is 6.22. The van der Waals surface area contributed by atoms with Crippen molar-refractivity contribution in [1.29, 1.82) is 0 Å². The third-order valence-electron chi connectivity index (χ3n) is 4.67. The van der Waals surface area contributed by atoms with Gasteiger partial charge in [-0.15, -0.1) is 0 Å².